The van der Waals surface area contributed by atoms with Gasteiger partial charge in [-0.05, 0) is 13.0 Å². The molecule has 13 heteroatoms. The molecule has 0 aliphatic rings. The summed E-state index contributed by atoms with van der Waals surface area (Å²) in [6.45, 7) is 1.70. The topological polar surface area (TPSA) is 103 Å². The molecule has 35 heavy (non-hydrogen) atoms. The zero-order valence-electron chi connectivity index (χ0n) is 17.8. The van der Waals surface area contributed by atoms with E-state index in [0.717, 1.165) is 6.20 Å². The predicted molar refractivity (Wildman–Crippen MR) is 121 cm³/mol. The average Bonchev–Trinajstić information content (AvgIpc) is 3.45. The molecular weight excluding hydrogens is 485 g/mol. The third-order valence-electron chi connectivity index (χ3n) is 5.16. The molecule has 5 rings (SSSR count). The van der Waals surface area contributed by atoms with Crippen LogP contribution in [0.1, 0.15) is 21.9 Å². The highest BCUT2D eigenvalue weighted by Crippen LogP contribution is 2.35. The molecule has 9 nitrogen and oxygen atoms in total. The van der Waals surface area contributed by atoms with Crippen molar-refractivity contribution in [2.24, 2.45) is 0 Å². The van der Waals surface area contributed by atoms with E-state index in [4.69, 9.17) is 11.6 Å². The van der Waals surface area contributed by atoms with Crippen molar-refractivity contribution in [3.8, 4) is 11.5 Å². The third-order valence-corrected chi connectivity index (χ3v) is 5.43. The molecule has 0 spiro atoms. The van der Waals surface area contributed by atoms with Crippen LogP contribution in [0, 0.1) is 6.92 Å². The summed E-state index contributed by atoms with van der Waals surface area (Å²) in [5, 5.41) is 11.5. The number of halogens is 4. The Hall–Kier alpha value is -4.32. The van der Waals surface area contributed by atoms with Crippen LogP contribution in [0.3, 0.4) is 0 Å². The smallest absolute Gasteiger partial charge is 0.320 e. The van der Waals surface area contributed by atoms with Crippen molar-refractivity contribution in [1.82, 2.24) is 34.5 Å². The summed E-state index contributed by atoms with van der Waals surface area (Å²) < 4.78 is 44.4. The highest BCUT2D eigenvalue weighted by Gasteiger charge is 2.41. The number of hydrogen-bond acceptors (Lipinski definition) is 6. The zero-order valence-corrected chi connectivity index (χ0v) is 18.6. The minimum Gasteiger partial charge on any atom is -0.320 e. The van der Waals surface area contributed by atoms with Gasteiger partial charge in [-0.3, -0.25) is 9.78 Å². The van der Waals surface area contributed by atoms with Crippen LogP contribution in [0.25, 0.3) is 22.3 Å². The Morgan fingerprint density at radius 2 is 1.83 bits per heavy atom. The van der Waals surface area contributed by atoms with Crippen LogP contribution in [-0.2, 0) is 6.18 Å². The SMILES string of the molecule is Cc1ncnn1-c1ncc(NC(=O)c2cnn(-c3cncc4ccccc34)c2C(F)(F)F)cc1Cl. The first-order valence-electron chi connectivity index (χ1n) is 10.1. The maximum absolute atomic E-state index is 14.1. The van der Waals surface area contributed by atoms with Gasteiger partial charge in [-0.15, -0.1) is 0 Å². The van der Waals surface area contributed by atoms with Gasteiger partial charge in [0.15, 0.2) is 11.5 Å². The molecule has 4 heterocycles. The van der Waals surface area contributed by atoms with Gasteiger partial charge in [0.25, 0.3) is 5.91 Å². The van der Waals surface area contributed by atoms with Crippen LogP contribution in [0.2, 0.25) is 5.02 Å². The number of carbonyl (C=O) groups excluding carboxylic acids is 1. The lowest BCUT2D eigenvalue weighted by molar-refractivity contribution is -0.143. The number of aryl methyl sites for hydroxylation is 1. The van der Waals surface area contributed by atoms with Gasteiger partial charge in [-0.1, -0.05) is 35.9 Å². The molecule has 0 saturated carbocycles. The fraction of sp³-hybridized carbons (Fsp3) is 0.0909. The van der Waals surface area contributed by atoms with Gasteiger partial charge in [-0.2, -0.15) is 28.1 Å². The average molecular weight is 499 g/mol. The van der Waals surface area contributed by atoms with E-state index in [9.17, 15) is 18.0 Å². The number of alkyl halides is 3. The van der Waals surface area contributed by atoms with Crippen molar-refractivity contribution in [2.45, 2.75) is 13.1 Å². The first-order valence-corrected chi connectivity index (χ1v) is 10.4. The molecule has 1 aromatic carbocycles. The Balaban J connectivity index is 1.52. The molecule has 176 valence electrons. The summed E-state index contributed by atoms with van der Waals surface area (Å²) in [5.41, 5.74) is -1.72. The molecule has 1 N–H and O–H groups in total. The van der Waals surface area contributed by atoms with Crippen LogP contribution in [-0.4, -0.2) is 40.4 Å². The number of hydrogen-bond donors (Lipinski definition) is 1. The first-order chi connectivity index (χ1) is 16.7. The van der Waals surface area contributed by atoms with Crippen molar-refractivity contribution in [2.75, 3.05) is 5.32 Å². The largest absolute Gasteiger partial charge is 0.434 e. The fourth-order valence-corrected chi connectivity index (χ4v) is 3.85. The maximum atomic E-state index is 14.1. The number of benzene rings is 1. The quantitative estimate of drug-likeness (QED) is 0.387. The van der Waals surface area contributed by atoms with Crippen molar-refractivity contribution in [3.05, 3.63) is 83.6 Å². The minimum atomic E-state index is -4.88. The molecule has 0 aliphatic carbocycles. The molecule has 4 aromatic heterocycles. The molecule has 0 radical (unpaired) electrons. The van der Waals surface area contributed by atoms with Crippen molar-refractivity contribution in [1.29, 1.82) is 0 Å². The van der Waals surface area contributed by atoms with Crippen LogP contribution >= 0.6 is 11.6 Å². The van der Waals surface area contributed by atoms with E-state index in [2.05, 4.69) is 30.5 Å². The molecule has 0 bridgehead atoms. The van der Waals surface area contributed by atoms with Crippen molar-refractivity contribution < 1.29 is 18.0 Å². The highest BCUT2D eigenvalue weighted by atomic mass is 35.5. The van der Waals surface area contributed by atoms with E-state index in [0.29, 0.717) is 21.3 Å². The Labute approximate surface area is 200 Å². The van der Waals surface area contributed by atoms with Gasteiger partial charge < -0.3 is 5.32 Å². The summed E-state index contributed by atoms with van der Waals surface area (Å²) in [4.78, 5) is 25.0. The Bertz CT molecular complexity index is 1570. The summed E-state index contributed by atoms with van der Waals surface area (Å²) in [6, 6.07) is 8.17. The Morgan fingerprint density at radius 3 is 2.54 bits per heavy atom. The molecule has 5 aromatic rings. The number of fused-ring (bicyclic) bond motifs is 1. The van der Waals surface area contributed by atoms with E-state index in [-0.39, 0.29) is 22.2 Å². The zero-order chi connectivity index (χ0) is 24.7. The number of nitrogens with one attached hydrogen (secondary N) is 1. The number of rotatable bonds is 4. The van der Waals surface area contributed by atoms with Gasteiger partial charge in [-0.25, -0.2) is 14.6 Å². The molecule has 1 amide bonds. The number of aromatic nitrogens is 7. The number of pyridine rings is 2. The van der Waals surface area contributed by atoms with E-state index < -0.39 is 23.3 Å². The molecule has 0 fully saturated rings. The van der Waals surface area contributed by atoms with Crippen LogP contribution in [0.4, 0.5) is 18.9 Å². The molecule has 0 unspecified atom stereocenters. The van der Waals surface area contributed by atoms with Gasteiger partial charge in [0.2, 0.25) is 0 Å². The lowest BCUT2D eigenvalue weighted by Crippen LogP contribution is -2.21. The van der Waals surface area contributed by atoms with E-state index >= 15 is 0 Å². The molecule has 0 aliphatic heterocycles. The van der Waals surface area contributed by atoms with Gasteiger partial charge in [0.05, 0.1) is 40.6 Å². The van der Waals surface area contributed by atoms with Crippen LogP contribution in [0.5, 0.6) is 0 Å². The monoisotopic (exact) mass is 498 g/mol. The molecular formula is C22H14ClF3N8O. The van der Waals surface area contributed by atoms with Crippen molar-refractivity contribution in [3.63, 3.8) is 0 Å². The van der Waals surface area contributed by atoms with Crippen LogP contribution < -0.4 is 5.32 Å². The maximum Gasteiger partial charge on any atom is 0.434 e. The summed E-state index contributed by atoms with van der Waals surface area (Å²) in [6.07, 6.45) is 1.36. The van der Waals surface area contributed by atoms with E-state index in [1.54, 1.807) is 31.2 Å². The second kappa shape index (κ2) is 8.47. The fourth-order valence-electron chi connectivity index (χ4n) is 3.60. The second-order valence-corrected chi connectivity index (χ2v) is 7.81. The summed E-state index contributed by atoms with van der Waals surface area (Å²) in [5.74, 6) is -0.243. The van der Waals surface area contributed by atoms with E-state index in [1.165, 1.54) is 35.7 Å². The minimum absolute atomic E-state index is 0.0896. The Morgan fingerprint density at radius 1 is 1.03 bits per heavy atom. The van der Waals surface area contributed by atoms with Gasteiger partial charge in [0, 0.05) is 17.0 Å². The first kappa shape index (κ1) is 22.5. The van der Waals surface area contributed by atoms with Crippen LogP contribution in [0.15, 0.2) is 61.4 Å². The van der Waals surface area contributed by atoms with E-state index in [1.807, 2.05) is 0 Å². The normalized spacial score (nSPS) is 11.7. The highest BCUT2D eigenvalue weighted by molar-refractivity contribution is 6.32. The lowest BCUT2D eigenvalue weighted by Gasteiger charge is -2.14. The Kier molecular flexibility index (Phi) is 5.44. The third kappa shape index (κ3) is 4.08. The number of amides is 1. The van der Waals surface area contributed by atoms with Crippen molar-refractivity contribution >= 4 is 34.0 Å². The second-order valence-electron chi connectivity index (χ2n) is 7.40. The predicted octanol–water partition coefficient (Wildman–Crippen LogP) is 4.63. The lowest BCUT2D eigenvalue weighted by atomic mass is 10.1. The number of carbonyl (C=O) groups is 1. The van der Waals surface area contributed by atoms with Gasteiger partial charge in [0.1, 0.15) is 12.2 Å². The molecule has 0 atom stereocenters. The molecule has 0 saturated heterocycles. The number of anilines is 1. The summed E-state index contributed by atoms with van der Waals surface area (Å²) in [7, 11) is 0. The van der Waals surface area contributed by atoms with Gasteiger partial charge >= 0.3 is 6.18 Å². The summed E-state index contributed by atoms with van der Waals surface area (Å²) >= 11 is 6.26. The number of nitrogens with zero attached hydrogens (tertiary/aromatic N) is 7. The standard InChI is InChI=1S/C22H14ClF3N8O/c1-12-29-11-31-33(12)20-17(23)6-14(8-28-20)32-21(35)16-9-30-34(19(16)22(24,25)26)18-10-27-7-13-4-2-3-5-15(13)18/h2-11H,1H3,(H,32,35).